The summed E-state index contributed by atoms with van der Waals surface area (Å²) in [5.74, 6) is 0. The van der Waals surface area contributed by atoms with Crippen molar-refractivity contribution in [2.24, 2.45) is 5.10 Å². The number of hydrazone groups is 1. The number of aromatic nitrogens is 1. The lowest BCUT2D eigenvalue weighted by Gasteiger charge is -2.03. The molecule has 2 aromatic rings. The lowest BCUT2D eigenvalue weighted by Crippen LogP contribution is -1.99. The van der Waals surface area contributed by atoms with Crippen LogP contribution in [0.4, 0.5) is 5.69 Å². The molecule has 18 heavy (non-hydrogen) atoms. The normalized spacial score (nSPS) is 10.7. The van der Waals surface area contributed by atoms with E-state index in [2.05, 4.69) is 15.5 Å². The minimum absolute atomic E-state index is 0. The zero-order chi connectivity index (χ0) is 12.1. The molecule has 0 aliphatic rings. The molecule has 0 unspecified atom stereocenters. The Hall–Kier alpha value is -1.58. The fourth-order valence-corrected chi connectivity index (χ4v) is 1.46. The Morgan fingerprint density at radius 2 is 1.72 bits per heavy atom. The number of anilines is 1. The van der Waals surface area contributed by atoms with Gasteiger partial charge in [0.1, 0.15) is 0 Å². The first-order valence-electron chi connectivity index (χ1n) is 5.22. The molecule has 0 aliphatic heterocycles. The smallest absolute Gasteiger partial charge is 0.0649 e. The third-order valence-corrected chi connectivity index (χ3v) is 2.55. The Balaban J connectivity index is 0.00000162. The molecule has 0 aliphatic carbocycles. The fraction of sp³-hybridized carbons (Fsp3) is 0.0769. The third kappa shape index (κ3) is 4.02. The highest BCUT2D eigenvalue weighted by Gasteiger charge is 1.96. The number of hydrogen-bond acceptors (Lipinski definition) is 3. The monoisotopic (exact) mass is 281 g/mol. The average molecular weight is 282 g/mol. The number of halogens is 2. The summed E-state index contributed by atoms with van der Waals surface area (Å²) in [5, 5.41) is 5.00. The van der Waals surface area contributed by atoms with E-state index in [0.717, 1.165) is 17.0 Å². The molecule has 0 radical (unpaired) electrons. The van der Waals surface area contributed by atoms with E-state index in [1.165, 1.54) is 0 Å². The van der Waals surface area contributed by atoms with Gasteiger partial charge in [-0.2, -0.15) is 5.10 Å². The van der Waals surface area contributed by atoms with Crippen LogP contribution in [-0.2, 0) is 0 Å². The molecule has 0 saturated heterocycles. The minimum Gasteiger partial charge on any atom is -0.278 e. The molecule has 0 spiro atoms. The van der Waals surface area contributed by atoms with Crippen molar-refractivity contribution < 1.29 is 0 Å². The molecule has 1 N–H and O–H groups in total. The second-order valence-electron chi connectivity index (χ2n) is 3.55. The van der Waals surface area contributed by atoms with Crippen LogP contribution >= 0.6 is 24.0 Å². The molecular formula is C13H13Cl2N3. The Bertz CT molecular complexity index is 510. The number of nitrogens with one attached hydrogen (secondary N) is 1. The van der Waals surface area contributed by atoms with Crippen LogP contribution in [0.15, 0.2) is 53.9 Å². The standard InChI is InChI=1S/C13H12ClN3.ClH/c1-10(11-6-8-15-9-7-11)16-17-13-4-2-12(14)3-5-13;/h2-9,17H,1H3;1H. The summed E-state index contributed by atoms with van der Waals surface area (Å²) in [7, 11) is 0. The Morgan fingerprint density at radius 1 is 1.11 bits per heavy atom. The van der Waals surface area contributed by atoms with E-state index in [0.29, 0.717) is 5.02 Å². The Labute approximate surface area is 117 Å². The van der Waals surface area contributed by atoms with Crippen LogP contribution in [0.1, 0.15) is 12.5 Å². The number of nitrogens with zero attached hydrogens (tertiary/aromatic N) is 2. The second-order valence-corrected chi connectivity index (χ2v) is 3.99. The molecule has 0 fully saturated rings. The first-order chi connectivity index (χ1) is 8.25. The summed E-state index contributed by atoms with van der Waals surface area (Å²) in [6.45, 7) is 1.94. The number of rotatable bonds is 3. The molecule has 3 nitrogen and oxygen atoms in total. The van der Waals surface area contributed by atoms with Gasteiger partial charge in [-0.05, 0) is 43.3 Å². The molecule has 1 heterocycles. The van der Waals surface area contributed by atoms with Crippen LogP contribution in [0.3, 0.4) is 0 Å². The summed E-state index contributed by atoms with van der Waals surface area (Å²) < 4.78 is 0. The van der Waals surface area contributed by atoms with Gasteiger partial charge in [0.15, 0.2) is 0 Å². The summed E-state index contributed by atoms with van der Waals surface area (Å²) in [6.07, 6.45) is 3.49. The number of benzene rings is 1. The van der Waals surface area contributed by atoms with E-state index in [1.807, 2.05) is 43.3 Å². The van der Waals surface area contributed by atoms with Crippen molar-refractivity contribution in [3.8, 4) is 0 Å². The highest BCUT2D eigenvalue weighted by atomic mass is 35.5. The molecule has 1 aromatic carbocycles. The molecule has 0 bridgehead atoms. The van der Waals surface area contributed by atoms with E-state index >= 15 is 0 Å². The van der Waals surface area contributed by atoms with E-state index in [9.17, 15) is 0 Å². The van der Waals surface area contributed by atoms with Crippen molar-refractivity contribution in [2.45, 2.75) is 6.92 Å². The van der Waals surface area contributed by atoms with Crippen LogP contribution in [-0.4, -0.2) is 10.7 Å². The lowest BCUT2D eigenvalue weighted by atomic mass is 10.2. The van der Waals surface area contributed by atoms with Crippen molar-refractivity contribution >= 4 is 35.4 Å². The van der Waals surface area contributed by atoms with Gasteiger partial charge < -0.3 is 0 Å². The zero-order valence-corrected chi connectivity index (χ0v) is 11.4. The average Bonchev–Trinajstić information content (AvgIpc) is 2.39. The highest BCUT2D eigenvalue weighted by molar-refractivity contribution is 6.30. The molecule has 0 atom stereocenters. The predicted molar refractivity (Wildman–Crippen MR) is 78.8 cm³/mol. The van der Waals surface area contributed by atoms with Gasteiger partial charge in [-0.1, -0.05) is 11.6 Å². The lowest BCUT2D eigenvalue weighted by molar-refractivity contribution is 1.29. The molecule has 1 aromatic heterocycles. The molecule has 0 amide bonds. The minimum atomic E-state index is 0. The SMILES string of the molecule is CC(=NNc1ccc(Cl)cc1)c1ccncc1.Cl. The topological polar surface area (TPSA) is 37.3 Å². The van der Waals surface area contributed by atoms with Gasteiger partial charge in [-0.3, -0.25) is 10.4 Å². The van der Waals surface area contributed by atoms with E-state index < -0.39 is 0 Å². The number of hydrogen-bond donors (Lipinski definition) is 1. The van der Waals surface area contributed by atoms with Gasteiger partial charge in [-0.25, -0.2) is 0 Å². The van der Waals surface area contributed by atoms with E-state index in [4.69, 9.17) is 11.6 Å². The van der Waals surface area contributed by atoms with Gasteiger partial charge in [0.05, 0.1) is 11.4 Å². The van der Waals surface area contributed by atoms with E-state index in [1.54, 1.807) is 12.4 Å². The summed E-state index contributed by atoms with van der Waals surface area (Å²) in [4.78, 5) is 3.97. The van der Waals surface area contributed by atoms with E-state index in [-0.39, 0.29) is 12.4 Å². The quantitative estimate of drug-likeness (QED) is 0.682. The van der Waals surface area contributed by atoms with Gasteiger partial charge in [0, 0.05) is 23.0 Å². The van der Waals surface area contributed by atoms with Crippen molar-refractivity contribution in [1.29, 1.82) is 0 Å². The van der Waals surface area contributed by atoms with Crippen LogP contribution in [0.5, 0.6) is 0 Å². The second kappa shape index (κ2) is 6.99. The summed E-state index contributed by atoms with van der Waals surface area (Å²) in [5.41, 5.74) is 5.83. The first-order valence-corrected chi connectivity index (χ1v) is 5.60. The first kappa shape index (κ1) is 14.5. The van der Waals surface area contributed by atoms with Crippen LogP contribution < -0.4 is 5.43 Å². The van der Waals surface area contributed by atoms with Crippen molar-refractivity contribution in [1.82, 2.24) is 4.98 Å². The van der Waals surface area contributed by atoms with Gasteiger partial charge in [0.25, 0.3) is 0 Å². The number of pyridine rings is 1. The molecule has 94 valence electrons. The molecular weight excluding hydrogens is 269 g/mol. The third-order valence-electron chi connectivity index (χ3n) is 2.30. The maximum Gasteiger partial charge on any atom is 0.0649 e. The van der Waals surface area contributed by atoms with Crippen molar-refractivity contribution in [2.75, 3.05) is 5.43 Å². The summed E-state index contributed by atoms with van der Waals surface area (Å²) >= 11 is 5.80. The largest absolute Gasteiger partial charge is 0.278 e. The molecule has 2 rings (SSSR count). The van der Waals surface area contributed by atoms with Crippen molar-refractivity contribution in [3.05, 3.63) is 59.4 Å². The van der Waals surface area contributed by atoms with Crippen LogP contribution in [0.2, 0.25) is 5.02 Å². The van der Waals surface area contributed by atoms with Gasteiger partial charge in [0.2, 0.25) is 0 Å². The predicted octanol–water partition coefficient (Wildman–Crippen LogP) is 3.99. The Kier molecular flexibility index (Phi) is 5.62. The fourth-order valence-electron chi connectivity index (χ4n) is 1.33. The van der Waals surface area contributed by atoms with Gasteiger partial charge >= 0.3 is 0 Å². The highest BCUT2D eigenvalue weighted by Crippen LogP contribution is 2.13. The maximum atomic E-state index is 5.80. The van der Waals surface area contributed by atoms with Crippen molar-refractivity contribution in [3.63, 3.8) is 0 Å². The van der Waals surface area contributed by atoms with Crippen LogP contribution in [0.25, 0.3) is 0 Å². The Morgan fingerprint density at radius 3 is 2.33 bits per heavy atom. The molecule has 5 heteroatoms. The maximum absolute atomic E-state index is 5.80. The summed E-state index contributed by atoms with van der Waals surface area (Å²) in [6, 6.07) is 11.2. The zero-order valence-electron chi connectivity index (χ0n) is 9.80. The molecule has 0 saturated carbocycles. The van der Waals surface area contributed by atoms with Crippen LogP contribution in [0, 0.1) is 0 Å². The van der Waals surface area contributed by atoms with Gasteiger partial charge in [-0.15, -0.1) is 12.4 Å².